The molecule has 0 saturated carbocycles. The minimum atomic E-state index is -0.0429. The van der Waals surface area contributed by atoms with E-state index in [2.05, 4.69) is 12.2 Å². The summed E-state index contributed by atoms with van der Waals surface area (Å²) in [6, 6.07) is 0. The van der Waals surface area contributed by atoms with Gasteiger partial charge in [0.05, 0.1) is 12.5 Å². The van der Waals surface area contributed by atoms with Gasteiger partial charge in [-0.15, -0.1) is 0 Å². The number of rotatable bonds is 0. The van der Waals surface area contributed by atoms with Gasteiger partial charge < -0.3 is 4.74 Å². The van der Waals surface area contributed by atoms with E-state index >= 15 is 0 Å². The van der Waals surface area contributed by atoms with Crippen molar-refractivity contribution in [3.8, 4) is 0 Å². The van der Waals surface area contributed by atoms with Gasteiger partial charge in [0, 0.05) is 5.92 Å². The zero-order valence-corrected chi connectivity index (χ0v) is 7.41. The zero-order valence-electron chi connectivity index (χ0n) is 7.41. The number of ether oxygens (including phenoxy) is 1. The molecule has 13 heavy (non-hydrogen) atoms. The Bertz CT molecular complexity index is 385. The first-order valence-electron chi connectivity index (χ1n) is 4.55. The van der Waals surface area contributed by atoms with Crippen LogP contribution in [0, 0.1) is 11.8 Å². The van der Waals surface area contributed by atoms with E-state index in [4.69, 9.17) is 4.74 Å². The normalized spacial score (nSPS) is 34.8. The fraction of sp³-hybridized carbons (Fsp3) is 0.364. The molecule has 0 N–H and O–H groups in total. The van der Waals surface area contributed by atoms with E-state index in [0.717, 1.165) is 0 Å². The number of cyclic esters (lactones) is 1. The molecule has 1 saturated heterocycles. The van der Waals surface area contributed by atoms with Crippen LogP contribution in [0.15, 0.2) is 34.9 Å². The van der Waals surface area contributed by atoms with Crippen molar-refractivity contribution in [1.29, 1.82) is 0 Å². The van der Waals surface area contributed by atoms with E-state index in [-0.39, 0.29) is 11.9 Å². The van der Waals surface area contributed by atoms with Gasteiger partial charge in [-0.25, -0.2) is 0 Å². The SMILES string of the molecule is CC1=C2C=CC=C2[C@@H]2COC(=O)[C@H]12. The lowest BCUT2D eigenvalue weighted by Crippen LogP contribution is -2.12. The highest BCUT2D eigenvalue weighted by Gasteiger charge is 2.46. The quantitative estimate of drug-likeness (QED) is 0.521. The summed E-state index contributed by atoms with van der Waals surface area (Å²) >= 11 is 0. The van der Waals surface area contributed by atoms with Crippen molar-refractivity contribution in [3.63, 3.8) is 0 Å². The number of hydrogen-bond acceptors (Lipinski definition) is 2. The van der Waals surface area contributed by atoms with Crippen LogP contribution < -0.4 is 0 Å². The smallest absolute Gasteiger partial charge is 0.313 e. The highest BCUT2D eigenvalue weighted by Crippen LogP contribution is 2.47. The van der Waals surface area contributed by atoms with Crippen molar-refractivity contribution >= 4 is 5.97 Å². The Morgan fingerprint density at radius 2 is 2.38 bits per heavy atom. The van der Waals surface area contributed by atoms with Gasteiger partial charge in [-0.05, 0) is 18.1 Å². The highest BCUT2D eigenvalue weighted by molar-refractivity contribution is 5.83. The third kappa shape index (κ3) is 0.711. The third-order valence-electron chi connectivity index (χ3n) is 3.20. The lowest BCUT2D eigenvalue weighted by atomic mass is 9.92. The summed E-state index contributed by atoms with van der Waals surface area (Å²) < 4.78 is 5.06. The van der Waals surface area contributed by atoms with Crippen LogP contribution in [0.5, 0.6) is 0 Å². The molecule has 2 aliphatic carbocycles. The second kappa shape index (κ2) is 2.13. The molecule has 0 amide bonds. The number of carbonyl (C=O) groups excluding carboxylic acids is 1. The monoisotopic (exact) mass is 174 g/mol. The predicted molar refractivity (Wildman–Crippen MR) is 47.9 cm³/mol. The van der Waals surface area contributed by atoms with Crippen molar-refractivity contribution in [2.75, 3.05) is 6.61 Å². The van der Waals surface area contributed by atoms with Gasteiger partial charge in [0.15, 0.2) is 0 Å². The lowest BCUT2D eigenvalue weighted by molar-refractivity contribution is -0.140. The maximum Gasteiger partial charge on any atom is 0.313 e. The highest BCUT2D eigenvalue weighted by atomic mass is 16.5. The fourth-order valence-electron chi connectivity index (χ4n) is 2.55. The lowest BCUT2D eigenvalue weighted by Gasteiger charge is -2.05. The standard InChI is InChI=1S/C11H10O2/c1-6-7-3-2-4-8(7)9-5-13-11(12)10(6)9/h2-4,9-10H,5H2,1H3/t9-,10+/m0/s1. The van der Waals surface area contributed by atoms with Gasteiger partial charge >= 0.3 is 5.97 Å². The second-order valence-electron chi connectivity index (χ2n) is 3.79. The number of hydrogen-bond donors (Lipinski definition) is 0. The summed E-state index contributed by atoms with van der Waals surface area (Å²) in [6.07, 6.45) is 6.24. The number of esters is 1. The molecule has 66 valence electrons. The number of fused-ring (bicyclic) bond motifs is 3. The van der Waals surface area contributed by atoms with Crippen LogP contribution in [0.25, 0.3) is 0 Å². The average Bonchev–Trinajstić information content (AvgIpc) is 2.71. The number of allylic oxidation sites excluding steroid dienone is 4. The molecule has 3 aliphatic rings. The van der Waals surface area contributed by atoms with Crippen LogP contribution in [0.2, 0.25) is 0 Å². The first-order valence-corrected chi connectivity index (χ1v) is 4.55. The molecule has 0 unspecified atom stereocenters. The second-order valence-corrected chi connectivity index (χ2v) is 3.79. The van der Waals surface area contributed by atoms with Crippen LogP contribution >= 0.6 is 0 Å². The van der Waals surface area contributed by atoms with E-state index in [0.29, 0.717) is 12.5 Å². The van der Waals surface area contributed by atoms with E-state index in [1.165, 1.54) is 16.7 Å². The van der Waals surface area contributed by atoms with E-state index in [1.54, 1.807) is 0 Å². The molecular weight excluding hydrogens is 164 g/mol. The van der Waals surface area contributed by atoms with Gasteiger partial charge in [-0.1, -0.05) is 23.8 Å². The largest absolute Gasteiger partial charge is 0.465 e. The Hall–Kier alpha value is -1.31. The predicted octanol–water partition coefficient (Wildman–Crippen LogP) is 1.60. The molecule has 2 heteroatoms. The molecule has 2 nitrogen and oxygen atoms in total. The molecule has 0 bridgehead atoms. The van der Waals surface area contributed by atoms with Crippen LogP contribution in [-0.2, 0) is 9.53 Å². The Labute approximate surface area is 76.6 Å². The topological polar surface area (TPSA) is 26.3 Å². The minimum Gasteiger partial charge on any atom is -0.465 e. The van der Waals surface area contributed by atoms with Gasteiger partial charge in [0.2, 0.25) is 0 Å². The van der Waals surface area contributed by atoms with Crippen LogP contribution in [0.3, 0.4) is 0 Å². The van der Waals surface area contributed by atoms with E-state index < -0.39 is 0 Å². The first-order chi connectivity index (χ1) is 6.29. The minimum absolute atomic E-state index is 0.0196. The summed E-state index contributed by atoms with van der Waals surface area (Å²) in [5, 5.41) is 0. The molecule has 3 rings (SSSR count). The van der Waals surface area contributed by atoms with Crippen molar-refractivity contribution in [1.82, 2.24) is 0 Å². The van der Waals surface area contributed by atoms with Crippen LogP contribution in [0.1, 0.15) is 6.92 Å². The van der Waals surface area contributed by atoms with Crippen LogP contribution in [-0.4, -0.2) is 12.6 Å². The molecule has 0 spiro atoms. The summed E-state index contributed by atoms with van der Waals surface area (Å²) in [4.78, 5) is 11.4. The third-order valence-corrected chi connectivity index (χ3v) is 3.20. The molecule has 0 aromatic heterocycles. The average molecular weight is 174 g/mol. The van der Waals surface area contributed by atoms with Gasteiger partial charge in [-0.3, -0.25) is 4.79 Å². The molecule has 1 heterocycles. The fourth-order valence-corrected chi connectivity index (χ4v) is 2.55. The van der Waals surface area contributed by atoms with Crippen molar-refractivity contribution in [2.24, 2.45) is 11.8 Å². The molecule has 1 aliphatic heterocycles. The molecule has 2 atom stereocenters. The Morgan fingerprint density at radius 1 is 1.54 bits per heavy atom. The molecule has 1 fully saturated rings. The van der Waals surface area contributed by atoms with Gasteiger partial charge in [0.25, 0.3) is 0 Å². The zero-order chi connectivity index (χ0) is 9.00. The maximum absolute atomic E-state index is 11.4. The summed E-state index contributed by atoms with van der Waals surface area (Å²) in [5.41, 5.74) is 3.76. The van der Waals surface area contributed by atoms with E-state index in [9.17, 15) is 4.79 Å². The summed E-state index contributed by atoms with van der Waals surface area (Å²) in [7, 11) is 0. The van der Waals surface area contributed by atoms with E-state index in [1.807, 2.05) is 13.0 Å². The Kier molecular flexibility index (Phi) is 1.17. The Balaban J connectivity index is 2.16. The maximum atomic E-state index is 11.4. The molecule has 0 aromatic rings. The molecule has 0 radical (unpaired) electrons. The number of carbonyl (C=O) groups is 1. The summed E-state index contributed by atoms with van der Waals surface area (Å²) in [5.74, 6) is 0.280. The van der Waals surface area contributed by atoms with Crippen molar-refractivity contribution < 1.29 is 9.53 Å². The van der Waals surface area contributed by atoms with Gasteiger partial charge in [-0.2, -0.15) is 0 Å². The molecular formula is C11H10O2. The summed E-state index contributed by atoms with van der Waals surface area (Å²) in [6.45, 7) is 2.61. The van der Waals surface area contributed by atoms with Crippen molar-refractivity contribution in [3.05, 3.63) is 34.9 Å². The van der Waals surface area contributed by atoms with Gasteiger partial charge in [0.1, 0.15) is 0 Å². The molecule has 0 aromatic carbocycles. The van der Waals surface area contributed by atoms with Crippen LogP contribution in [0.4, 0.5) is 0 Å². The Morgan fingerprint density at radius 3 is 3.23 bits per heavy atom. The van der Waals surface area contributed by atoms with Crippen molar-refractivity contribution in [2.45, 2.75) is 6.92 Å². The first kappa shape index (κ1) is 7.13.